The van der Waals surface area contributed by atoms with Gasteiger partial charge in [0.25, 0.3) is 0 Å². The van der Waals surface area contributed by atoms with Crippen LogP contribution in [0.3, 0.4) is 0 Å². The second-order valence-electron chi connectivity index (χ2n) is 3.37. The summed E-state index contributed by atoms with van der Waals surface area (Å²) in [7, 11) is -3.51. The Bertz CT molecular complexity index is 524. The molecule has 2 N–H and O–H groups in total. The van der Waals surface area contributed by atoms with E-state index in [1.165, 1.54) is 15.6 Å². The summed E-state index contributed by atoms with van der Waals surface area (Å²) in [6.07, 6.45) is 0. The molecule has 1 rings (SSSR count). The van der Waals surface area contributed by atoms with E-state index < -0.39 is 10.0 Å². The van der Waals surface area contributed by atoms with Crippen molar-refractivity contribution in [2.75, 3.05) is 13.1 Å². The molecule has 0 aromatic carbocycles. The van der Waals surface area contributed by atoms with Crippen molar-refractivity contribution in [3.8, 4) is 0 Å². The van der Waals surface area contributed by atoms with Gasteiger partial charge in [0.2, 0.25) is 10.0 Å². The maximum atomic E-state index is 12.3. The number of thiophene rings is 1. The largest absolute Gasteiger partial charge is 0.392 e. The maximum absolute atomic E-state index is 12.3. The molecule has 96 valence electrons. The van der Waals surface area contributed by atoms with Crippen LogP contribution in [-0.4, -0.2) is 30.8 Å². The van der Waals surface area contributed by atoms with Crippen molar-refractivity contribution in [2.45, 2.75) is 18.7 Å². The van der Waals surface area contributed by atoms with E-state index in [2.05, 4.69) is 15.9 Å². The molecule has 0 aliphatic carbocycles. The lowest BCUT2D eigenvalue weighted by Crippen LogP contribution is -2.37. The minimum absolute atomic E-state index is 0.0705. The Morgan fingerprint density at radius 1 is 1.65 bits per heavy atom. The van der Waals surface area contributed by atoms with Gasteiger partial charge in [-0.25, -0.2) is 8.42 Å². The molecule has 8 heteroatoms. The molecular formula is C9H13BrN2O2S3. The van der Waals surface area contributed by atoms with Crippen LogP contribution >= 0.6 is 39.5 Å². The van der Waals surface area contributed by atoms with Gasteiger partial charge in [-0.05, 0) is 28.9 Å². The molecule has 17 heavy (non-hydrogen) atoms. The van der Waals surface area contributed by atoms with Crippen molar-refractivity contribution in [3.05, 3.63) is 14.7 Å². The summed E-state index contributed by atoms with van der Waals surface area (Å²) in [6.45, 7) is 3.94. The lowest BCUT2D eigenvalue weighted by Gasteiger charge is -2.19. The molecule has 4 nitrogen and oxygen atoms in total. The van der Waals surface area contributed by atoms with Gasteiger partial charge in [0, 0.05) is 11.4 Å². The van der Waals surface area contributed by atoms with E-state index >= 15 is 0 Å². The molecule has 1 aromatic heterocycles. The van der Waals surface area contributed by atoms with Gasteiger partial charge in [-0.3, -0.25) is 0 Å². The van der Waals surface area contributed by atoms with E-state index in [4.69, 9.17) is 18.0 Å². The summed E-state index contributed by atoms with van der Waals surface area (Å²) < 4.78 is 26.7. The summed E-state index contributed by atoms with van der Waals surface area (Å²) in [5.74, 6) is 0. The van der Waals surface area contributed by atoms with Crippen LogP contribution in [0.15, 0.2) is 14.7 Å². The van der Waals surface area contributed by atoms with Crippen LogP contribution in [0.4, 0.5) is 0 Å². The first-order chi connectivity index (χ1) is 7.78. The highest BCUT2D eigenvalue weighted by atomic mass is 79.9. The van der Waals surface area contributed by atoms with Gasteiger partial charge in [0.05, 0.1) is 20.2 Å². The molecule has 0 saturated heterocycles. The van der Waals surface area contributed by atoms with E-state index in [-0.39, 0.29) is 11.5 Å². The van der Waals surface area contributed by atoms with Crippen LogP contribution in [-0.2, 0) is 10.0 Å². The quantitative estimate of drug-likeness (QED) is 0.820. The molecule has 1 heterocycles. The van der Waals surface area contributed by atoms with Crippen LogP contribution in [0.25, 0.3) is 0 Å². The topological polar surface area (TPSA) is 63.4 Å². The average molecular weight is 357 g/mol. The predicted molar refractivity (Wildman–Crippen MR) is 78.0 cm³/mol. The number of thiocarbonyl (C=S) groups is 1. The second kappa shape index (κ2) is 5.75. The first-order valence-electron chi connectivity index (χ1n) is 4.83. The number of nitrogens with zero attached hydrogens (tertiary/aromatic N) is 1. The van der Waals surface area contributed by atoms with Gasteiger partial charge in [0.1, 0.15) is 0 Å². The minimum Gasteiger partial charge on any atom is -0.392 e. The lowest BCUT2D eigenvalue weighted by atomic mass is 10.5. The Kier molecular flexibility index (Phi) is 5.08. The average Bonchev–Trinajstić information content (AvgIpc) is 2.54. The summed E-state index contributed by atoms with van der Waals surface area (Å²) in [6, 6.07) is 1.61. The number of nitrogens with two attached hydrogens (primary N) is 1. The minimum atomic E-state index is -3.51. The number of sulfonamides is 1. The Morgan fingerprint density at radius 2 is 2.24 bits per heavy atom. The maximum Gasteiger partial charge on any atom is 0.244 e. The fraction of sp³-hybridized carbons (Fsp3) is 0.444. The third kappa shape index (κ3) is 3.47. The molecule has 0 fully saturated rings. The van der Waals surface area contributed by atoms with Gasteiger partial charge in [-0.15, -0.1) is 11.3 Å². The fourth-order valence-electron chi connectivity index (χ4n) is 1.37. The molecule has 0 spiro atoms. The second-order valence-corrected chi connectivity index (χ2v) is 8.43. The van der Waals surface area contributed by atoms with Crippen molar-refractivity contribution >= 4 is 54.5 Å². The molecule has 0 aliphatic heterocycles. The molecular weight excluding hydrogens is 344 g/mol. The van der Waals surface area contributed by atoms with Gasteiger partial charge in [0.15, 0.2) is 0 Å². The zero-order valence-corrected chi connectivity index (χ0v) is 13.5. The zero-order valence-electron chi connectivity index (χ0n) is 9.44. The van der Waals surface area contributed by atoms with Gasteiger partial charge < -0.3 is 5.73 Å². The third-order valence-electron chi connectivity index (χ3n) is 2.14. The summed E-state index contributed by atoms with van der Waals surface area (Å²) in [5, 5.41) is 0. The molecule has 1 aromatic rings. The Labute approximate surface area is 119 Å². The fourth-order valence-corrected chi connectivity index (χ4v) is 5.41. The number of rotatable bonds is 5. The summed E-state index contributed by atoms with van der Waals surface area (Å²) >= 11 is 9.43. The van der Waals surface area contributed by atoms with Gasteiger partial charge >= 0.3 is 0 Å². The van der Waals surface area contributed by atoms with E-state index in [0.717, 1.165) is 8.66 Å². The van der Waals surface area contributed by atoms with E-state index in [0.29, 0.717) is 11.4 Å². The molecule has 0 bridgehead atoms. The zero-order chi connectivity index (χ0) is 13.2. The van der Waals surface area contributed by atoms with Crippen molar-refractivity contribution in [2.24, 2.45) is 5.73 Å². The van der Waals surface area contributed by atoms with Crippen molar-refractivity contribution < 1.29 is 8.42 Å². The van der Waals surface area contributed by atoms with Gasteiger partial charge in [-0.1, -0.05) is 19.1 Å². The molecule has 0 aliphatic rings. The molecule has 0 atom stereocenters. The predicted octanol–water partition coefficient (Wildman–Crippen LogP) is 2.12. The van der Waals surface area contributed by atoms with Crippen LogP contribution in [0, 0.1) is 6.92 Å². The van der Waals surface area contributed by atoms with E-state index in [1.54, 1.807) is 19.9 Å². The highest BCUT2D eigenvalue weighted by molar-refractivity contribution is 9.11. The number of aryl methyl sites for hydroxylation is 1. The lowest BCUT2D eigenvalue weighted by molar-refractivity contribution is 0.468. The number of hydrogen-bond donors (Lipinski definition) is 1. The highest BCUT2D eigenvalue weighted by Gasteiger charge is 2.26. The van der Waals surface area contributed by atoms with Crippen LogP contribution in [0.5, 0.6) is 0 Å². The van der Waals surface area contributed by atoms with Gasteiger partial charge in [-0.2, -0.15) is 4.31 Å². The Balaban J connectivity index is 3.17. The van der Waals surface area contributed by atoms with Crippen molar-refractivity contribution in [1.29, 1.82) is 0 Å². The highest BCUT2D eigenvalue weighted by Crippen LogP contribution is 2.31. The first-order valence-corrected chi connectivity index (χ1v) is 8.29. The Hall–Kier alpha value is -0.0200. The monoisotopic (exact) mass is 356 g/mol. The van der Waals surface area contributed by atoms with Crippen LogP contribution in [0.1, 0.15) is 11.8 Å². The van der Waals surface area contributed by atoms with Crippen LogP contribution in [0.2, 0.25) is 0 Å². The Morgan fingerprint density at radius 3 is 2.59 bits per heavy atom. The first kappa shape index (κ1) is 15.0. The standard InChI is InChI=1S/C9H13BrN2O2S3/c1-3-12(5-9(11)15)17(13,14)7-4-8(10)16-6(7)2/h4H,3,5H2,1-2H3,(H2,11,15). The van der Waals surface area contributed by atoms with Crippen molar-refractivity contribution in [3.63, 3.8) is 0 Å². The van der Waals surface area contributed by atoms with Crippen LogP contribution < -0.4 is 5.73 Å². The molecule has 0 amide bonds. The third-order valence-corrected chi connectivity index (χ3v) is 6.00. The number of likely N-dealkylation sites (N-methyl/N-ethyl adjacent to an activating group) is 1. The van der Waals surface area contributed by atoms with E-state index in [1.807, 2.05) is 0 Å². The molecule has 0 radical (unpaired) electrons. The van der Waals surface area contributed by atoms with Crippen molar-refractivity contribution in [1.82, 2.24) is 4.31 Å². The SMILES string of the molecule is CCN(CC(N)=S)S(=O)(=O)c1cc(Br)sc1C. The number of halogens is 1. The normalized spacial score (nSPS) is 12.0. The van der Waals surface area contributed by atoms with E-state index in [9.17, 15) is 8.42 Å². The summed E-state index contributed by atoms with van der Waals surface area (Å²) in [5.41, 5.74) is 5.41. The number of hydrogen-bond acceptors (Lipinski definition) is 4. The smallest absolute Gasteiger partial charge is 0.244 e. The molecule has 0 unspecified atom stereocenters. The summed E-state index contributed by atoms with van der Waals surface area (Å²) in [4.78, 5) is 1.23. The molecule has 0 saturated carbocycles.